The summed E-state index contributed by atoms with van der Waals surface area (Å²) in [7, 11) is 1.69. The van der Waals surface area contributed by atoms with Crippen molar-refractivity contribution < 1.29 is 4.79 Å². The second-order valence-corrected chi connectivity index (χ2v) is 1.44. The number of hydrogen-bond donors (Lipinski definition) is 3. The summed E-state index contributed by atoms with van der Waals surface area (Å²) < 4.78 is 0. The van der Waals surface area contributed by atoms with Gasteiger partial charge >= 0.3 is 0 Å². The van der Waals surface area contributed by atoms with Gasteiger partial charge in [-0.1, -0.05) is 0 Å². The Balaban J connectivity index is 0. The van der Waals surface area contributed by atoms with Crippen molar-refractivity contribution in [3.05, 3.63) is 11.9 Å². The molecule has 0 aromatic carbocycles. The van der Waals surface area contributed by atoms with E-state index in [1.807, 2.05) is 0 Å². The lowest BCUT2D eigenvalue weighted by molar-refractivity contribution is -0.113. The lowest BCUT2D eigenvalue weighted by Crippen LogP contribution is -2.10. The van der Waals surface area contributed by atoms with Crippen molar-refractivity contribution in [2.24, 2.45) is 5.73 Å². The van der Waals surface area contributed by atoms with Crippen LogP contribution in [0.4, 0.5) is 0 Å². The Hall–Kier alpha value is -1.03. The maximum Gasteiger partial charge on any atom is 0.176 e. The fourth-order valence-electron chi connectivity index (χ4n) is 0.257. The molecule has 9 heavy (non-hydrogen) atoms. The number of carbonyl (C=O) groups is 1. The molecule has 0 heterocycles. The summed E-state index contributed by atoms with van der Waals surface area (Å²) in [6.45, 7) is 1.42. The van der Waals surface area contributed by atoms with Crippen LogP contribution < -0.4 is 17.2 Å². The van der Waals surface area contributed by atoms with E-state index >= 15 is 0 Å². The quantitative estimate of drug-likeness (QED) is 0.451. The molecular formula is C5H13N3O. The van der Waals surface area contributed by atoms with E-state index in [2.05, 4.69) is 5.32 Å². The maximum atomic E-state index is 10.3. The highest BCUT2D eigenvalue weighted by Crippen LogP contribution is 1.79. The van der Waals surface area contributed by atoms with Crippen molar-refractivity contribution in [3.63, 3.8) is 0 Å². The molecule has 0 unspecified atom stereocenters. The zero-order chi connectivity index (χ0) is 6.57. The molecule has 0 aromatic heterocycles. The lowest BCUT2D eigenvalue weighted by Gasteiger charge is -1.91. The van der Waals surface area contributed by atoms with Crippen molar-refractivity contribution in [2.75, 3.05) is 7.05 Å². The normalized spacial score (nSPS) is 9.78. The van der Waals surface area contributed by atoms with E-state index in [-0.39, 0.29) is 17.6 Å². The van der Waals surface area contributed by atoms with Gasteiger partial charge in [0.1, 0.15) is 0 Å². The van der Waals surface area contributed by atoms with Crippen LogP contribution in [0, 0.1) is 0 Å². The SMILES string of the molecule is CN/C=C(\N)C(C)=O.N. The number of carbonyl (C=O) groups excluding carboxylic acids is 1. The molecule has 0 atom stereocenters. The van der Waals surface area contributed by atoms with Crippen LogP contribution in [0.2, 0.25) is 0 Å². The van der Waals surface area contributed by atoms with Gasteiger partial charge in [-0.2, -0.15) is 0 Å². The summed E-state index contributed by atoms with van der Waals surface area (Å²) >= 11 is 0. The Bertz CT molecular complexity index is 119. The molecule has 54 valence electrons. The fraction of sp³-hybridized carbons (Fsp3) is 0.400. The van der Waals surface area contributed by atoms with Gasteiger partial charge in [0.25, 0.3) is 0 Å². The minimum Gasteiger partial charge on any atom is -0.395 e. The molecule has 0 bridgehead atoms. The van der Waals surface area contributed by atoms with Crippen molar-refractivity contribution in [1.82, 2.24) is 11.5 Å². The molecule has 0 aromatic rings. The summed E-state index contributed by atoms with van der Waals surface area (Å²) in [5.74, 6) is -0.112. The molecule has 0 saturated heterocycles. The zero-order valence-corrected chi connectivity index (χ0v) is 5.77. The number of nitrogens with one attached hydrogen (secondary N) is 1. The Kier molecular flexibility index (Phi) is 6.17. The number of rotatable bonds is 2. The molecule has 0 amide bonds. The maximum absolute atomic E-state index is 10.3. The third kappa shape index (κ3) is 4.83. The molecular weight excluding hydrogens is 118 g/mol. The smallest absolute Gasteiger partial charge is 0.176 e. The molecule has 4 nitrogen and oxygen atoms in total. The molecule has 0 aliphatic heterocycles. The van der Waals surface area contributed by atoms with E-state index in [0.717, 1.165) is 0 Å². The van der Waals surface area contributed by atoms with Gasteiger partial charge in [-0.05, 0) is 0 Å². The number of allylic oxidation sites excluding steroid dienone is 1. The van der Waals surface area contributed by atoms with Gasteiger partial charge in [-0.3, -0.25) is 4.79 Å². The van der Waals surface area contributed by atoms with Gasteiger partial charge in [-0.15, -0.1) is 0 Å². The van der Waals surface area contributed by atoms with E-state index in [4.69, 9.17) is 5.73 Å². The summed E-state index contributed by atoms with van der Waals surface area (Å²) in [6, 6.07) is 0. The standard InChI is InChI=1S/C5H10N2O.H3N/c1-4(8)5(6)3-7-2;/h3,7H,6H2,1-2H3;1H3/b5-3-;. The summed E-state index contributed by atoms with van der Waals surface area (Å²) in [6.07, 6.45) is 1.46. The highest BCUT2D eigenvalue weighted by Gasteiger charge is 1.92. The first-order valence-corrected chi connectivity index (χ1v) is 2.32. The molecule has 0 fully saturated rings. The van der Waals surface area contributed by atoms with Gasteiger partial charge in [0.15, 0.2) is 5.78 Å². The minimum atomic E-state index is -0.112. The average molecular weight is 131 g/mol. The second kappa shape index (κ2) is 5.11. The Morgan fingerprint density at radius 3 is 2.22 bits per heavy atom. The number of nitrogens with two attached hydrogens (primary N) is 1. The molecule has 0 spiro atoms. The van der Waals surface area contributed by atoms with Crippen LogP contribution in [0.5, 0.6) is 0 Å². The van der Waals surface area contributed by atoms with Crippen molar-refractivity contribution in [3.8, 4) is 0 Å². The van der Waals surface area contributed by atoms with E-state index in [1.54, 1.807) is 7.05 Å². The number of hydrogen-bond acceptors (Lipinski definition) is 4. The predicted molar refractivity (Wildman–Crippen MR) is 37.0 cm³/mol. The first kappa shape index (κ1) is 10.9. The van der Waals surface area contributed by atoms with Crippen molar-refractivity contribution in [2.45, 2.75) is 6.92 Å². The van der Waals surface area contributed by atoms with Crippen LogP contribution >= 0.6 is 0 Å². The third-order valence-corrected chi connectivity index (χ3v) is 0.706. The van der Waals surface area contributed by atoms with E-state index in [9.17, 15) is 4.79 Å². The van der Waals surface area contributed by atoms with E-state index in [1.165, 1.54) is 13.1 Å². The molecule has 6 N–H and O–H groups in total. The summed E-state index contributed by atoms with van der Waals surface area (Å²) in [5, 5.41) is 2.64. The predicted octanol–water partition coefficient (Wildman–Crippen LogP) is -0.243. The minimum absolute atomic E-state index is 0. The van der Waals surface area contributed by atoms with Crippen LogP contribution in [0.15, 0.2) is 11.9 Å². The van der Waals surface area contributed by atoms with Gasteiger partial charge in [-0.25, -0.2) is 0 Å². The highest BCUT2D eigenvalue weighted by molar-refractivity contribution is 5.92. The zero-order valence-electron chi connectivity index (χ0n) is 5.77. The molecule has 0 radical (unpaired) electrons. The van der Waals surface area contributed by atoms with Crippen LogP contribution in [0.1, 0.15) is 6.92 Å². The molecule has 4 heteroatoms. The number of ketones is 1. The van der Waals surface area contributed by atoms with Gasteiger partial charge < -0.3 is 17.2 Å². The monoisotopic (exact) mass is 131 g/mol. The number of Topliss-reactive ketones (excluding diaryl/α,β-unsaturated/α-hetero) is 1. The first-order chi connectivity index (χ1) is 3.68. The van der Waals surface area contributed by atoms with Crippen molar-refractivity contribution >= 4 is 5.78 Å². The summed E-state index contributed by atoms with van der Waals surface area (Å²) in [5.41, 5.74) is 5.43. The molecule has 0 rings (SSSR count). The average Bonchev–Trinajstić information content (AvgIpc) is 1.67. The Morgan fingerprint density at radius 1 is 1.67 bits per heavy atom. The van der Waals surface area contributed by atoms with Crippen LogP contribution in [-0.4, -0.2) is 12.8 Å². The molecule has 0 aliphatic carbocycles. The van der Waals surface area contributed by atoms with Crippen LogP contribution in [0.3, 0.4) is 0 Å². The van der Waals surface area contributed by atoms with E-state index in [0.29, 0.717) is 0 Å². The Morgan fingerprint density at radius 2 is 2.11 bits per heavy atom. The first-order valence-electron chi connectivity index (χ1n) is 2.32. The highest BCUT2D eigenvalue weighted by atomic mass is 16.1. The molecule has 0 saturated carbocycles. The Labute approximate surface area is 54.7 Å². The second-order valence-electron chi connectivity index (χ2n) is 1.44. The summed E-state index contributed by atoms with van der Waals surface area (Å²) in [4.78, 5) is 10.3. The molecule has 0 aliphatic rings. The topological polar surface area (TPSA) is 90.1 Å². The van der Waals surface area contributed by atoms with Gasteiger partial charge in [0.05, 0.1) is 5.70 Å². The van der Waals surface area contributed by atoms with E-state index < -0.39 is 0 Å². The van der Waals surface area contributed by atoms with Crippen LogP contribution in [-0.2, 0) is 4.79 Å². The fourth-order valence-corrected chi connectivity index (χ4v) is 0.257. The lowest BCUT2D eigenvalue weighted by atomic mass is 10.3. The van der Waals surface area contributed by atoms with Crippen LogP contribution in [0.25, 0.3) is 0 Å². The van der Waals surface area contributed by atoms with Gasteiger partial charge in [0, 0.05) is 20.2 Å². The largest absolute Gasteiger partial charge is 0.395 e. The van der Waals surface area contributed by atoms with Crippen molar-refractivity contribution in [1.29, 1.82) is 0 Å². The van der Waals surface area contributed by atoms with Gasteiger partial charge in [0.2, 0.25) is 0 Å². The third-order valence-electron chi connectivity index (χ3n) is 0.706.